The molecule has 0 aliphatic carbocycles. The van der Waals surface area contributed by atoms with Crippen molar-refractivity contribution < 1.29 is 18.9 Å². The van der Waals surface area contributed by atoms with Crippen molar-refractivity contribution in [1.29, 1.82) is 0 Å². The van der Waals surface area contributed by atoms with E-state index in [1.165, 1.54) is 0 Å². The SMILES string of the molecule is CCCN=C1N[C@H](COCc2ccccc2)[C@@H](OCc2ccccc2)[C@H](OCc2ccccc2)[C@H]1OCc1ccccc1. The monoisotopic (exact) mass is 578 g/mol. The van der Waals surface area contributed by atoms with E-state index in [-0.39, 0.29) is 12.1 Å². The lowest BCUT2D eigenvalue weighted by molar-refractivity contribution is -0.157. The summed E-state index contributed by atoms with van der Waals surface area (Å²) in [5.41, 5.74) is 4.41. The van der Waals surface area contributed by atoms with Gasteiger partial charge in [-0.25, -0.2) is 0 Å². The van der Waals surface area contributed by atoms with Crippen molar-refractivity contribution in [3.63, 3.8) is 0 Å². The van der Waals surface area contributed by atoms with Crippen molar-refractivity contribution in [3.05, 3.63) is 144 Å². The summed E-state index contributed by atoms with van der Waals surface area (Å²) >= 11 is 0. The highest BCUT2D eigenvalue weighted by Crippen LogP contribution is 2.26. The third-order valence-electron chi connectivity index (χ3n) is 7.38. The van der Waals surface area contributed by atoms with Crippen molar-refractivity contribution >= 4 is 5.84 Å². The molecule has 224 valence electrons. The first-order valence-corrected chi connectivity index (χ1v) is 15.2. The molecule has 0 bridgehead atoms. The van der Waals surface area contributed by atoms with E-state index in [9.17, 15) is 0 Å². The molecule has 0 saturated carbocycles. The largest absolute Gasteiger partial charge is 0.375 e. The van der Waals surface area contributed by atoms with Crippen LogP contribution in [0.2, 0.25) is 0 Å². The topological polar surface area (TPSA) is 61.3 Å². The molecule has 1 saturated heterocycles. The van der Waals surface area contributed by atoms with Crippen molar-refractivity contribution in [2.45, 2.75) is 64.1 Å². The molecule has 1 heterocycles. The molecule has 6 heteroatoms. The van der Waals surface area contributed by atoms with Gasteiger partial charge in [0.1, 0.15) is 24.1 Å². The van der Waals surface area contributed by atoms with Crippen LogP contribution in [0.4, 0.5) is 0 Å². The lowest BCUT2D eigenvalue weighted by atomic mass is 9.94. The van der Waals surface area contributed by atoms with Crippen molar-refractivity contribution in [2.24, 2.45) is 4.99 Å². The first kappa shape index (κ1) is 30.6. The number of nitrogens with one attached hydrogen (secondary N) is 1. The minimum atomic E-state index is -0.443. The van der Waals surface area contributed by atoms with Crippen LogP contribution in [-0.4, -0.2) is 43.3 Å². The number of amidine groups is 1. The van der Waals surface area contributed by atoms with Crippen molar-refractivity contribution in [3.8, 4) is 0 Å². The van der Waals surface area contributed by atoms with E-state index in [0.29, 0.717) is 39.6 Å². The third-order valence-corrected chi connectivity index (χ3v) is 7.38. The molecule has 0 unspecified atom stereocenters. The van der Waals surface area contributed by atoms with Crippen LogP contribution in [0.15, 0.2) is 126 Å². The molecular weight excluding hydrogens is 536 g/mol. The first-order chi connectivity index (χ1) is 21.3. The number of piperidine rings is 1. The summed E-state index contributed by atoms with van der Waals surface area (Å²) in [4.78, 5) is 4.96. The van der Waals surface area contributed by atoms with Gasteiger partial charge in [0.2, 0.25) is 0 Å². The zero-order valence-corrected chi connectivity index (χ0v) is 24.9. The van der Waals surface area contributed by atoms with E-state index in [1.54, 1.807) is 0 Å². The molecule has 5 rings (SSSR count). The van der Waals surface area contributed by atoms with Crippen LogP contribution in [0.5, 0.6) is 0 Å². The second kappa shape index (κ2) is 16.7. The maximum atomic E-state index is 6.75. The minimum Gasteiger partial charge on any atom is -0.375 e. The van der Waals surface area contributed by atoms with Crippen LogP contribution in [-0.2, 0) is 45.4 Å². The number of nitrogens with zero attached hydrogens (tertiary/aromatic N) is 1. The Morgan fingerprint density at radius 1 is 0.558 bits per heavy atom. The van der Waals surface area contributed by atoms with Gasteiger partial charge in [-0.05, 0) is 28.7 Å². The Morgan fingerprint density at radius 3 is 1.49 bits per heavy atom. The molecule has 43 heavy (non-hydrogen) atoms. The smallest absolute Gasteiger partial charge is 0.143 e. The fourth-order valence-corrected chi connectivity index (χ4v) is 5.15. The van der Waals surface area contributed by atoms with Crippen LogP contribution < -0.4 is 5.32 Å². The molecule has 0 aromatic heterocycles. The molecule has 1 aliphatic heterocycles. The van der Waals surface area contributed by atoms with Gasteiger partial charge in [0.05, 0.1) is 39.1 Å². The van der Waals surface area contributed by atoms with E-state index >= 15 is 0 Å². The molecule has 4 atom stereocenters. The number of hydrogen-bond donors (Lipinski definition) is 1. The van der Waals surface area contributed by atoms with Crippen LogP contribution in [0, 0.1) is 0 Å². The standard InChI is InChI=1S/C37H42N2O4/c1-2-23-38-37-36(43-27-32-21-13-6-14-22-32)35(42-26-31-19-11-5-12-20-31)34(41-25-30-17-9-4-10-18-30)33(39-37)28-40-24-29-15-7-3-8-16-29/h3-22,33-36H,2,23-28H2,1H3,(H,38,39)/t33-,34-,35+,36-/m1/s1. The maximum Gasteiger partial charge on any atom is 0.143 e. The number of rotatable bonds is 15. The van der Waals surface area contributed by atoms with E-state index in [1.807, 2.05) is 72.8 Å². The molecule has 0 spiro atoms. The second-order valence-corrected chi connectivity index (χ2v) is 10.8. The minimum absolute atomic E-state index is 0.194. The second-order valence-electron chi connectivity index (χ2n) is 10.8. The zero-order chi connectivity index (χ0) is 29.5. The highest BCUT2D eigenvalue weighted by atomic mass is 16.6. The van der Waals surface area contributed by atoms with Gasteiger partial charge in [0.15, 0.2) is 0 Å². The van der Waals surface area contributed by atoms with Gasteiger partial charge in [-0.15, -0.1) is 0 Å². The molecule has 1 fully saturated rings. The van der Waals surface area contributed by atoms with E-state index in [0.717, 1.165) is 34.5 Å². The van der Waals surface area contributed by atoms with Gasteiger partial charge >= 0.3 is 0 Å². The van der Waals surface area contributed by atoms with E-state index in [2.05, 4.69) is 60.8 Å². The number of ether oxygens (including phenoxy) is 4. The van der Waals surface area contributed by atoms with E-state index < -0.39 is 12.2 Å². The molecule has 4 aromatic rings. The van der Waals surface area contributed by atoms with Gasteiger partial charge in [0, 0.05) is 6.54 Å². The average molecular weight is 579 g/mol. The number of hydrogen-bond acceptors (Lipinski definition) is 5. The Hall–Kier alpha value is -3.81. The Bertz CT molecular complexity index is 1350. The fraction of sp³-hybridized carbons (Fsp3) is 0.324. The Balaban J connectivity index is 1.43. The van der Waals surface area contributed by atoms with Crippen molar-refractivity contribution in [2.75, 3.05) is 13.2 Å². The molecule has 0 amide bonds. The van der Waals surface area contributed by atoms with Gasteiger partial charge in [-0.3, -0.25) is 4.99 Å². The molecule has 4 aromatic carbocycles. The normalized spacial score (nSPS) is 21.0. The Kier molecular flexibility index (Phi) is 11.9. The van der Waals surface area contributed by atoms with Gasteiger partial charge in [0.25, 0.3) is 0 Å². The van der Waals surface area contributed by atoms with Crippen LogP contribution in [0.1, 0.15) is 35.6 Å². The van der Waals surface area contributed by atoms with Crippen LogP contribution >= 0.6 is 0 Å². The third kappa shape index (κ3) is 9.34. The fourth-order valence-electron chi connectivity index (χ4n) is 5.15. The van der Waals surface area contributed by atoms with Gasteiger partial charge in [-0.1, -0.05) is 128 Å². The molecule has 1 aliphatic rings. The number of aliphatic imine (C=N–C) groups is 1. The van der Waals surface area contributed by atoms with Crippen LogP contribution in [0.25, 0.3) is 0 Å². The summed E-state index contributed by atoms with van der Waals surface area (Å²) in [6.07, 6.45) is -0.299. The average Bonchev–Trinajstić information content (AvgIpc) is 3.07. The molecule has 0 radical (unpaired) electrons. The summed E-state index contributed by atoms with van der Waals surface area (Å²) in [7, 11) is 0. The number of benzene rings is 4. The highest BCUT2D eigenvalue weighted by molar-refractivity contribution is 5.88. The lowest BCUT2D eigenvalue weighted by Crippen LogP contribution is -2.66. The van der Waals surface area contributed by atoms with Crippen molar-refractivity contribution in [1.82, 2.24) is 5.32 Å². The maximum absolute atomic E-state index is 6.75. The molecule has 6 nitrogen and oxygen atoms in total. The predicted molar refractivity (Wildman–Crippen MR) is 171 cm³/mol. The van der Waals surface area contributed by atoms with Crippen LogP contribution in [0.3, 0.4) is 0 Å². The summed E-state index contributed by atoms with van der Waals surface area (Å²) in [5.74, 6) is 0.781. The summed E-state index contributed by atoms with van der Waals surface area (Å²) in [5, 5.41) is 3.67. The van der Waals surface area contributed by atoms with Gasteiger partial charge < -0.3 is 24.3 Å². The quantitative estimate of drug-likeness (QED) is 0.169. The highest BCUT2D eigenvalue weighted by Gasteiger charge is 2.45. The van der Waals surface area contributed by atoms with E-state index in [4.69, 9.17) is 23.9 Å². The van der Waals surface area contributed by atoms with Gasteiger partial charge in [-0.2, -0.15) is 0 Å². The summed E-state index contributed by atoms with van der Waals surface area (Å²) in [6.45, 7) is 5.06. The molecule has 1 N–H and O–H groups in total. The first-order valence-electron chi connectivity index (χ1n) is 15.2. The lowest BCUT2D eigenvalue weighted by Gasteiger charge is -2.44. The Labute approximate surface area is 255 Å². The molecular formula is C37H42N2O4. The zero-order valence-electron chi connectivity index (χ0n) is 24.9. The predicted octanol–water partition coefficient (Wildman–Crippen LogP) is 6.74. The summed E-state index contributed by atoms with van der Waals surface area (Å²) in [6, 6.07) is 40.7. The Morgan fingerprint density at radius 2 is 1.00 bits per heavy atom. The summed E-state index contributed by atoms with van der Waals surface area (Å²) < 4.78 is 26.4.